The molecule has 0 saturated heterocycles. The summed E-state index contributed by atoms with van der Waals surface area (Å²) in [6.45, 7) is -0.422. The maximum Gasteiger partial charge on any atom is 0.186 e. The largest absolute Gasteiger partial charge is 0.467 e. The van der Waals surface area contributed by atoms with Crippen LogP contribution in [0.5, 0.6) is 5.75 Å². The molecular weight excluding hydrogens is 216 g/mol. The third-order valence-corrected chi connectivity index (χ3v) is 2.39. The first-order valence-corrected chi connectivity index (χ1v) is 5.14. The molecule has 3 nitrogen and oxygen atoms in total. The fourth-order valence-electron chi connectivity index (χ4n) is 1.61. The molecule has 0 unspecified atom stereocenters. The van der Waals surface area contributed by atoms with Gasteiger partial charge in [-0.1, -0.05) is 30.3 Å². The summed E-state index contributed by atoms with van der Waals surface area (Å²) in [4.78, 5) is 10.7. The third kappa shape index (κ3) is 2.52. The molecule has 2 aromatic carbocycles. The number of aliphatic hydroxyl groups excluding tert-OH is 1. The minimum atomic E-state index is -0.422. The molecule has 1 N–H and O–H groups in total. The van der Waals surface area contributed by atoms with Gasteiger partial charge in [-0.15, -0.1) is 0 Å². The SMILES string of the molecule is O=Cc1ccc(-c2cc[c]cc2)c(OCO)c1. The van der Waals surface area contributed by atoms with Gasteiger partial charge in [0.25, 0.3) is 0 Å². The van der Waals surface area contributed by atoms with E-state index in [1.807, 2.05) is 12.1 Å². The molecule has 0 spiro atoms. The molecule has 0 heterocycles. The highest BCUT2D eigenvalue weighted by atomic mass is 16.6. The van der Waals surface area contributed by atoms with Crippen molar-refractivity contribution in [3.05, 3.63) is 54.1 Å². The summed E-state index contributed by atoms with van der Waals surface area (Å²) in [6, 6.07) is 15.4. The average molecular weight is 227 g/mol. The van der Waals surface area contributed by atoms with Gasteiger partial charge in [0.15, 0.2) is 6.79 Å². The van der Waals surface area contributed by atoms with Crippen molar-refractivity contribution < 1.29 is 14.6 Å². The summed E-state index contributed by atoms with van der Waals surface area (Å²) in [5, 5.41) is 8.84. The first-order chi connectivity index (χ1) is 8.35. The number of carbonyl (C=O) groups is 1. The van der Waals surface area contributed by atoms with Crippen LogP contribution in [-0.2, 0) is 0 Å². The van der Waals surface area contributed by atoms with E-state index in [0.717, 1.165) is 17.4 Å². The number of aldehydes is 1. The van der Waals surface area contributed by atoms with Crippen molar-refractivity contribution in [3.8, 4) is 16.9 Å². The van der Waals surface area contributed by atoms with Crippen LogP contribution in [0.2, 0.25) is 0 Å². The van der Waals surface area contributed by atoms with E-state index in [4.69, 9.17) is 9.84 Å². The van der Waals surface area contributed by atoms with E-state index in [1.165, 1.54) is 0 Å². The number of benzene rings is 2. The number of hydrogen-bond donors (Lipinski definition) is 1. The van der Waals surface area contributed by atoms with Crippen molar-refractivity contribution in [2.75, 3.05) is 6.79 Å². The predicted octanol–water partition coefficient (Wildman–Crippen LogP) is 2.29. The fourth-order valence-corrected chi connectivity index (χ4v) is 1.61. The summed E-state index contributed by atoms with van der Waals surface area (Å²) >= 11 is 0. The molecule has 85 valence electrons. The van der Waals surface area contributed by atoms with E-state index in [1.54, 1.807) is 30.3 Å². The zero-order valence-electron chi connectivity index (χ0n) is 9.09. The van der Waals surface area contributed by atoms with Gasteiger partial charge in [-0.25, -0.2) is 0 Å². The second kappa shape index (κ2) is 5.27. The van der Waals surface area contributed by atoms with E-state index in [9.17, 15) is 4.79 Å². The second-order valence-electron chi connectivity index (χ2n) is 3.44. The first kappa shape index (κ1) is 11.4. The van der Waals surface area contributed by atoms with Gasteiger partial charge in [0.05, 0.1) is 0 Å². The van der Waals surface area contributed by atoms with Gasteiger partial charge in [-0.05, 0) is 23.8 Å². The molecule has 0 saturated carbocycles. The van der Waals surface area contributed by atoms with Crippen LogP contribution in [0.4, 0.5) is 0 Å². The van der Waals surface area contributed by atoms with Gasteiger partial charge < -0.3 is 9.84 Å². The minimum absolute atomic E-state index is 0.422. The van der Waals surface area contributed by atoms with E-state index < -0.39 is 6.79 Å². The Morgan fingerprint density at radius 2 is 2.00 bits per heavy atom. The van der Waals surface area contributed by atoms with Crippen LogP contribution in [0.1, 0.15) is 10.4 Å². The van der Waals surface area contributed by atoms with Crippen molar-refractivity contribution in [3.63, 3.8) is 0 Å². The Morgan fingerprint density at radius 3 is 2.65 bits per heavy atom. The molecular formula is C14H11O3. The molecule has 0 aliphatic rings. The Morgan fingerprint density at radius 1 is 1.24 bits per heavy atom. The van der Waals surface area contributed by atoms with E-state index in [-0.39, 0.29) is 0 Å². The monoisotopic (exact) mass is 227 g/mol. The van der Waals surface area contributed by atoms with Gasteiger partial charge in [-0.3, -0.25) is 4.79 Å². The Labute approximate surface area is 99.3 Å². The fraction of sp³-hybridized carbons (Fsp3) is 0.0714. The number of aliphatic hydroxyl groups is 1. The summed E-state index contributed by atoms with van der Waals surface area (Å²) in [6.07, 6.45) is 0.743. The number of rotatable bonds is 4. The third-order valence-electron chi connectivity index (χ3n) is 2.39. The van der Waals surface area contributed by atoms with Crippen LogP contribution in [0, 0.1) is 6.07 Å². The Kier molecular flexibility index (Phi) is 3.52. The lowest BCUT2D eigenvalue weighted by Gasteiger charge is -2.10. The van der Waals surface area contributed by atoms with Crippen LogP contribution in [0.3, 0.4) is 0 Å². The van der Waals surface area contributed by atoms with Crippen LogP contribution in [-0.4, -0.2) is 18.2 Å². The highest BCUT2D eigenvalue weighted by Gasteiger charge is 2.07. The van der Waals surface area contributed by atoms with Crippen molar-refractivity contribution >= 4 is 6.29 Å². The molecule has 17 heavy (non-hydrogen) atoms. The molecule has 0 fully saturated rings. The average Bonchev–Trinajstić information content (AvgIpc) is 2.40. The molecule has 0 aromatic heterocycles. The molecule has 1 radical (unpaired) electrons. The summed E-state index contributed by atoms with van der Waals surface area (Å²) in [7, 11) is 0. The quantitative estimate of drug-likeness (QED) is 0.644. The van der Waals surface area contributed by atoms with Crippen molar-refractivity contribution in [2.45, 2.75) is 0 Å². The topological polar surface area (TPSA) is 46.5 Å². The molecule has 0 bridgehead atoms. The molecule has 2 aromatic rings. The summed E-state index contributed by atoms with van der Waals surface area (Å²) in [5.74, 6) is 0.489. The van der Waals surface area contributed by atoms with Crippen molar-refractivity contribution in [1.29, 1.82) is 0 Å². The van der Waals surface area contributed by atoms with E-state index in [2.05, 4.69) is 6.07 Å². The molecule has 0 aliphatic heterocycles. The van der Waals surface area contributed by atoms with E-state index >= 15 is 0 Å². The lowest BCUT2D eigenvalue weighted by molar-refractivity contribution is 0.0986. The lowest BCUT2D eigenvalue weighted by atomic mass is 10.0. The Bertz CT molecular complexity index is 506. The van der Waals surface area contributed by atoms with Crippen molar-refractivity contribution in [1.82, 2.24) is 0 Å². The standard InChI is InChI=1S/C14H11O3/c15-9-11-6-7-13(14(8-11)17-10-16)12-4-2-1-3-5-12/h2-9,16H,10H2. The Hall–Kier alpha value is -2.13. The summed E-state index contributed by atoms with van der Waals surface area (Å²) in [5.41, 5.74) is 2.29. The molecule has 2 rings (SSSR count). The molecule has 3 heteroatoms. The maximum absolute atomic E-state index is 10.7. The lowest BCUT2D eigenvalue weighted by Crippen LogP contribution is -1.97. The number of carbonyl (C=O) groups excluding carboxylic acids is 1. The smallest absolute Gasteiger partial charge is 0.186 e. The van der Waals surface area contributed by atoms with Gasteiger partial charge >= 0.3 is 0 Å². The molecule has 0 amide bonds. The maximum atomic E-state index is 10.7. The highest BCUT2D eigenvalue weighted by molar-refractivity contribution is 5.80. The Balaban J connectivity index is 2.49. The van der Waals surface area contributed by atoms with Gasteiger partial charge in [-0.2, -0.15) is 0 Å². The minimum Gasteiger partial charge on any atom is -0.467 e. The van der Waals surface area contributed by atoms with E-state index in [0.29, 0.717) is 11.3 Å². The first-order valence-electron chi connectivity index (χ1n) is 5.14. The summed E-state index contributed by atoms with van der Waals surface area (Å²) < 4.78 is 5.12. The zero-order chi connectivity index (χ0) is 12.1. The van der Waals surface area contributed by atoms with Crippen LogP contribution < -0.4 is 4.74 Å². The van der Waals surface area contributed by atoms with Gasteiger partial charge in [0, 0.05) is 11.1 Å². The predicted molar refractivity (Wildman–Crippen MR) is 63.8 cm³/mol. The van der Waals surface area contributed by atoms with Gasteiger partial charge in [0.2, 0.25) is 0 Å². The normalized spacial score (nSPS) is 9.94. The number of ether oxygens (including phenoxy) is 1. The molecule has 0 aliphatic carbocycles. The molecule has 0 atom stereocenters. The van der Waals surface area contributed by atoms with Crippen molar-refractivity contribution in [2.24, 2.45) is 0 Å². The van der Waals surface area contributed by atoms with Crippen LogP contribution in [0.25, 0.3) is 11.1 Å². The van der Waals surface area contributed by atoms with Crippen LogP contribution >= 0.6 is 0 Å². The van der Waals surface area contributed by atoms with Crippen LogP contribution in [0.15, 0.2) is 42.5 Å². The zero-order valence-corrected chi connectivity index (χ0v) is 9.09. The second-order valence-corrected chi connectivity index (χ2v) is 3.44. The van der Waals surface area contributed by atoms with Gasteiger partial charge in [0.1, 0.15) is 12.0 Å². The number of hydrogen-bond acceptors (Lipinski definition) is 3. The highest BCUT2D eigenvalue weighted by Crippen LogP contribution is 2.30.